The van der Waals surface area contributed by atoms with E-state index in [4.69, 9.17) is 11.6 Å². The van der Waals surface area contributed by atoms with Crippen molar-refractivity contribution in [2.45, 2.75) is 11.8 Å². The third kappa shape index (κ3) is 4.34. The van der Waals surface area contributed by atoms with Crippen molar-refractivity contribution in [2.75, 3.05) is 10.0 Å². The molecule has 0 aliphatic carbocycles. The lowest BCUT2D eigenvalue weighted by Crippen LogP contribution is -2.13. The van der Waals surface area contributed by atoms with E-state index in [9.17, 15) is 13.2 Å². The molecule has 0 atom stereocenters. The molecule has 2 N–H and O–H groups in total. The average molecular weight is 451 g/mol. The molecular weight excluding hydrogens is 439 g/mol. The van der Waals surface area contributed by atoms with Crippen molar-refractivity contribution in [3.05, 3.63) is 51.1 Å². The molecule has 116 valence electrons. The summed E-state index contributed by atoms with van der Waals surface area (Å²) >= 11 is 8.11. The fraction of sp³-hybridized carbons (Fsp3) is 0.0714. The molecule has 22 heavy (non-hydrogen) atoms. The first kappa shape index (κ1) is 17.0. The van der Waals surface area contributed by atoms with Crippen LogP contribution in [-0.2, 0) is 14.8 Å². The first-order chi connectivity index (χ1) is 10.3. The molecule has 0 aliphatic rings. The second-order valence-corrected chi connectivity index (χ2v) is 7.77. The van der Waals surface area contributed by atoms with Gasteiger partial charge in [-0.1, -0.05) is 11.6 Å². The number of hydrogen-bond acceptors (Lipinski definition) is 3. The predicted octanol–water partition coefficient (Wildman–Crippen LogP) is 3.70. The number of halogens is 2. The molecule has 0 fully saturated rings. The highest BCUT2D eigenvalue weighted by molar-refractivity contribution is 14.1. The number of carbonyl (C=O) groups excluding carboxylic acids is 1. The lowest BCUT2D eigenvalue weighted by Gasteiger charge is -2.10. The highest BCUT2D eigenvalue weighted by Crippen LogP contribution is 2.26. The minimum atomic E-state index is -3.74. The van der Waals surface area contributed by atoms with E-state index < -0.39 is 10.0 Å². The highest BCUT2D eigenvalue weighted by atomic mass is 127. The monoisotopic (exact) mass is 450 g/mol. The van der Waals surface area contributed by atoms with E-state index in [1.807, 2.05) is 0 Å². The molecule has 0 bridgehead atoms. The summed E-state index contributed by atoms with van der Waals surface area (Å²) in [4.78, 5) is 11.0. The van der Waals surface area contributed by atoms with E-state index in [1.54, 1.807) is 18.2 Å². The number of sulfonamides is 1. The first-order valence-electron chi connectivity index (χ1n) is 6.13. The molecule has 0 saturated heterocycles. The van der Waals surface area contributed by atoms with Crippen LogP contribution in [0.2, 0.25) is 5.02 Å². The van der Waals surface area contributed by atoms with Crippen LogP contribution in [0.5, 0.6) is 0 Å². The van der Waals surface area contributed by atoms with Gasteiger partial charge in [0.2, 0.25) is 5.91 Å². The lowest BCUT2D eigenvalue weighted by atomic mass is 10.3. The summed E-state index contributed by atoms with van der Waals surface area (Å²) in [5.74, 6) is -0.223. The number of hydrogen-bond donors (Lipinski definition) is 2. The number of benzene rings is 2. The number of rotatable bonds is 4. The predicted molar refractivity (Wildman–Crippen MR) is 95.7 cm³/mol. The van der Waals surface area contributed by atoms with Crippen LogP contribution in [-0.4, -0.2) is 14.3 Å². The van der Waals surface area contributed by atoms with Gasteiger partial charge in [0, 0.05) is 16.2 Å². The van der Waals surface area contributed by atoms with Gasteiger partial charge in [-0.2, -0.15) is 0 Å². The molecule has 2 rings (SSSR count). The number of anilines is 2. The Morgan fingerprint density at radius 2 is 1.77 bits per heavy atom. The van der Waals surface area contributed by atoms with Crippen LogP contribution in [0.15, 0.2) is 47.4 Å². The quantitative estimate of drug-likeness (QED) is 0.698. The summed E-state index contributed by atoms with van der Waals surface area (Å²) in [5, 5.41) is 2.90. The van der Waals surface area contributed by atoms with Crippen LogP contribution >= 0.6 is 34.2 Å². The zero-order valence-corrected chi connectivity index (χ0v) is 15.2. The van der Waals surface area contributed by atoms with Crippen molar-refractivity contribution in [1.29, 1.82) is 0 Å². The maximum atomic E-state index is 12.3. The molecular formula is C14H12ClIN2O3S. The first-order valence-corrected chi connectivity index (χ1v) is 9.07. The fourth-order valence-electron chi connectivity index (χ4n) is 1.70. The van der Waals surface area contributed by atoms with Crippen molar-refractivity contribution >= 4 is 61.5 Å². The largest absolute Gasteiger partial charge is 0.326 e. The second kappa shape index (κ2) is 6.84. The topological polar surface area (TPSA) is 75.3 Å². The molecule has 0 aromatic heterocycles. The molecule has 0 aliphatic heterocycles. The van der Waals surface area contributed by atoms with Gasteiger partial charge < -0.3 is 5.32 Å². The number of nitrogens with one attached hydrogen (secondary N) is 2. The summed E-state index contributed by atoms with van der Waals surface area (Å²) in [6.45, 7) is 1.38. The maximum absolute atomic E-state index is 12.3. The van der Waals surface area contributed by atoms with Crippen molar-refractivity contribution in [3.8, 4) is 0 Å². The van der Waals surface area contributed by atoms with E-state index in [-0.39, 0.29) is 10.8 Å². The van der Waals surface area contributed by atoms with Crippen LogP contribution in [0.3, 0.4) is 0 Å². The van der Waals surface area contributed by atoms with E-state index in [0.29, 0.717) is 16.4 Å². The fourth-order valence-corrected chi connectivity index (χ4v) is 3.74. The molecule has 1 amide bonds. The molecule has 2 aromatic carbocycles. The Hall–Kier alpha value is -1.32. The SMILES string of the molecule is CC(=O)Nc1ccc(S(=O)(=O)Nc2ccc(I)cc2Cl)cc1. The van der Waals surface area contributed by atoms with Gasteiger partial charge in [0.1, 0.15) is 0 Å². The summed E-state index contributed by atoms with van der Waals surface area (Å²) in [7, 11) is -3.74. The zero-order valence-electron chi connectivity index (χ0n) is 11.4. The van der Waals surface area contributed by atoms with Gasteiger partial charge in [0.15, 0.2) is 0 Å². The molecule has 0 radical (unpaired) electrons. The third-order valence-corrected chi connectivity index (χ3v) is 5.03. The van der Waals surface area contributed by atoms with Gasteiger partial charge >= 0.3 is 0 Å². The minimum absolute atomic E-state index is 0.0798. The third-order valence-electron chi connectivity index (χ3n) is 2.66. The molecule has 2 aromatic rings. The molecule has 0 saturated carbocycles. The second-order valence-electron chi connectivity index (χ2n) is 4.44. The molecule has 0 heterocycles. The summed E-state index contributed by atoms with van der Waals surface area (Å²) < 4.78 is 28.0. The van der Waals surface area contributed by atoms with E-state index in [2.05, 4.69) is 32.6 Å². The Kier molecular flexibility index (Phi) is 5.30. The van der Waals surface area contributed by atoms with Crippen LogP contribution in [0.4, 0.5) is 11.4 Å². The van der Waals surface area contributed by atoms with Gasteiger partial charge in [-0.15, -0.1) is 0 Å². The average Bonchev–Trinajstić information content (AvgIpc) is 2.42. The smallest absolute Gasteiger partial charge is 0.261 e. The maximum Gasteiger partial charge on any atom is 0.261 e. The van der Waals surface area contributed by atoms with Gasteiger partial charge in [-0.05, 0) is 65.1 Å². The van der Waals surface area contributed by atoms with Crippen LogP contribution in [0.25, 0.3) is 0 Å². The van der Waals surface area contributed by atoms with Crippen LogP contribution < -0.4 is 10.0 Å². The highest BCUT2D eigenvalue weighted by Gasteiger charge is 2.15. The van der Waals surface area contributed by atoms with Gasteiger partial charge in [0.05, 0.1) is 15.6 Å². The molecule has 0 spiro atoms. The van der Waals surface area contributed by atoms with Gasteiger partial charge in [0.25, 0.3) is 10.0 Å². The summed E-state index contributed by atoms with van der Waals surface area (Å²) in [5.41, 5.74) is 0.840. The Bertz CT molecular complexity index is 807. The van der Waals surface area contributed by atoms with Crippen molar-refractivity contribution in [1.82, 2.24) is 0 Å². The normalized spacial score (nSPS) is 11.0. The Labute approximate surface area is 147 Å². The van der Waals surface area contributed by atoms with E-state index in [1.165, 1.54) is 31.2 Å². The lowest BCUT2D eigenvalue weighted by molar-refractivity contribution is -0.114. The molecule has 8 heteroatoms. The van der Waals surface area contributed by atoms with Crippen LogP contribution in [0, 0.1) is 3.57 Å². The molecule has 0 unspecified atom stereocenters. The number of carbonyl (C=O) groups is 1. The Morgan fingerprint density at radius 3 is 2.32 bits per heavy atom. The molecule has 5 nitrogen and oxygen atoms in total. The Balaban J connectivity index is 2.24. The number of amides is 1. The van der Waals surface area contributed by atoms with Crippen molar-refractivity contribution < 1.29 is 13.2 Å². The van der Waals surface area contributed by atoms with Gasteiger partial charge in [-0.3, -0.25) is 9.52 Å². The van der Waals surface area contributed by atoms with Crippen molar-refractivity contribution in [3.63, 3.8) is 0 Å². The van der Waals surface area contributed by atoms with E-state index >= 15 is 0 Å². The Morgan fingerprint density at radius 1 is 1.14 bits per heavy atom. The minimum Gasteiger partial charge on any atom is -0.326 e. The van der Waals surface area contributed by atoms with Crippen molar-refractivity contribution in [2.24, 2.45) is 0 Å². The summed E-state index contributed by atoms with van der Waals surface area (Å²) in [6.07, 6.45) is 0. The summed E-state index contributed by atoms with van der Waals surface area (Å²) in [6, 6.07) is 10.9. The van der Waals surface area contributed by atoms with Gasteiger partial charge in [-0.25, -0.2) is 8.42 Å². The standard InChI is InChI=1S/C14H12ClIN2O3S/c1-9(19)17-11-3-5-12(6-4-11)22(20,21)18-14-7-2-10(16)8-13(14)15/h2-8,18H,1H3,(H,17,19). The van der Waals surface area contributed by atoms with Crippen LogP contribution in [0.1, 0.15) is 6.92 Å². The van der Waals surface area contributed by atoms with E-state index in [0.717, 1.165) is 3.57 Å². The zero-order chi connectivity index (χ0) is 16.3.